The van der Waals surface area contributed by atoms with Crippen LogP contribution in [0.3, 0.4) is 0 Å². The van der Waals surface area contributed by atoms with Gasteiger partial charge in [0.25, 0.3) is 0 Å². The van der Waals surface area contributed by atoms with Crippen LogP contribution in [0.4, 0.5) is 0 Å². The summed E-state index contributed by atoms with van der Waals surface area (Å²) in [6.45, 7) is 4.14. The Morgan fingerprint density at radius 1 is 1.19 bits per heavy atom. The second kappa shape index (κ2) is 7.50. The third kappa shape index (κ3) is 3.10. The van der Waals surface area contributed by atoms with Gasteiger partial charge in [-0.25, -0.2) is 0 Å². The van der Waals surface area contributed by atoms with Gasteiger partial charge in [-0.05, 0) is 18.9 Å². The minimum Gasteiger partial charge on any atom is -0.456 e. The van der Waals surface area contributed by atoms with Crippen molar-refractivity contribution in [1.29, 1.82) is 0 Å². The van der Waals surface area contributed by atoms with Crippen molar-refractivity contribution < 1.29 is 4.74 Å². The molecule has 0 aromatic heterocycles. The number of fused-ring (bicyclic) bond motifs is 2. The molecule has 2 aliphatic rings. The normalized spacial score (nSPS) is 19.5. The summed E-state index contributed by atoms with van der Waals surface area (Å²) in [5.41, 5.74) is 9.90. The first-order chi connectivity index (χ1) is 12.8. The molecule has 4 rings (SSSR count). The van der Waals surface area contributed by atoms with Crippen molar-refractivity contribution in [3.05, 3.63) is 59.2 Å². The van der Waals surface area contributed by atoms with Gasteiger partial charge in [-0.1, -0.05) is 56.2 Å². The van der Waals surface area contributed by atoms with Crippen LogP contribution in [0.15, 0.2) is 47.5 Å². The number of para-hydroxylation sites is 2. The third-order valence-electron chi connectivity index (χ3n) is 5.35. The second-order valence-electron chi connectivity index (χ2n) is 7.13. The van der Waals surface area contributed by atoms with E-state index in [0.717, 1.165) is 60.8 Å². The number of nitrogens with zero attached hydrogens (tertiary/aromatic N) is 1. The maximum atomic E-state index is 6.58. The highest BCUT2D eigenvalue weighted by Crippen LogP contribution is 2.46. The summed E-state index contributed by atoms with van der Waals surface area (Å²) in [4.78, 5) is 4.79. The summed E-state index contributed by atoms with van der Waals surface area (Å²) in [5, 5.41) is 3.53. The SMILES string of the molecule is CCCCC(C1=NCCCN1)c1cccc2c1Oc1ccccc1C2N. The summed E-state index contributed by atoms with van der Waals surface area (Å²) in [5.74, 6) is 3.14. The molecule has 2 aliphatic heterocycles. The largest absolute Gasteiger partial charge is 0.456 e. The topological polar surface area (TPSA) is 59.6 Å². The highest BCUT2D eigenvalue weighted by atomic mass is 16.5. The van der Waals surface area contributed by atoms with Crippen molar-refractivity contribution in [3.63, 3.8) is 0 Å². The standard InChI is InChI=1S/C22H27N3O/c1-2-3-8-16(22-24-13-7-14-25-22)15-10-6-11-18-20(23)17-9-4-5-12-19(17)26-21(15)18/h4-6,9-12,16,20H,2-3,7-8,13-14,23H2,1H3,(H,24,25). The molecule has 2 heterocycles. The van der Waals surface area contributed by atoms with E-state index in [1.807, 2.05) is 18.2 Å². The van der Waals surface area contributed by atoms with Gasteiger partial charge in [-0.15, -0.1) is 0 Å². The first-order valence-electron chi connectivity index (χ1n) is 9.73. The zero-order chi connectivity index (χ0) is 17.9. The number of hydrogen-bond acceptors (Lipinski definition) is 4. The molecule has 4 heteroatoms. The van der Waals surface area contributed by atoms with E-state index in [1.54, 1.807) is 0 Å². The molecule has 0 saturated carbocycles. The summed E-state index contributed by atoms with van der Waals surface area (Å²) in [6.07, 6.45) is 4.50. The molecule has 136 valence electrons. The molecule has 0 spiro atoms. The van der Waals surface area contributed by atoms with Crippen LogP contribution in [0, 0.1) is 0 Å². The van der Waals surface area contributed by atoms with E-state index in [2.05, 4.69) is 36.5 Å². The highest BCUT2D eigenvalue weighted by Gasteiger charge is 2.30. The highest BCUT2D eigenvalue weighted by molar-refractivity contribution is 5.90. The maximum absolute atomic E-state index is 6.58. The van der Waals surface area contributed by atoms with Gasteiger partial charge in [0, 0.05) is 35.7 Å². The predicted molar refractivity (Wildman–Crippen MR) is 106 cm³/mol. The molecule has 0 radical (unpaired) electrons. The number of ether oxygens (including phenoxy) is 1. The minimum absolute atomic E-state index is 0.150. The Morgan fingerprint density at radius 2 is 2.04 bits per heavy atom. The zero-order valence-corrected chi connectivity index (χ0v) is 15.4. The molecule has 4 nitrogen and oxygen atoms in total. The molecule has 26 heavy (non-hydrogen) atoms. The number of unbranched alkanes of at least 4 members (excludes halogenated alkanes) is 1. The van der Waals surface area contributed by atoms with Gasteiger partial charge in [0.1, 0.15) is 17.3 Å². The van der Waals surface area contributed by atoms with Crippen molar-refractivity contribution >= 4 is 5.84 Å². The number of aliphatic imine (C=N–C) groups is 1. The van der Waals surface area contributed by atoms with Gasteiger partial charge in [0.05, 0.1) is 6.04 Å². The quantitative estimate of drug-likeness (QED) is 0.835. The lowest BCUT2D eigenvalue weighted by atomic mass is 9.86. The molecule has 2 atom stereocenters. The Morgan fingerprint density at radius 3 is 2.85 bits per heavy atom. The van der Waals surface area contributed by atoms with Crippen LogP contribution in [0.25, 0.3) is 0 Å². The Hall–Kier alpha value is -2.33. The van der Waals surface area contributed by atoms with Crippen molar-refractivity contribution in [2.75, 3.05) is 13.1 Å². The van der Waals surface area contributed by atoms with Crippen LogP contribution in [-0.2, 0) is 0 Å². The molecule has 2 unspecified atom stereocenters. The van der Waals surface area contributed by atoms with E-state index in [0.29, 0.717) is 0 Å². The Bertz CT molecular complexity index is 815. The number of benzene rings is 2. The van der Waals surface area contributed by atoms with Crippen LogP contribution in [0.5, 0.6) is 11.5 Å². The minimum atomic E-state index is -0.150. The van der Waals surface area contributed by atoms with E-state index >= 15 is 0 Å². The zero-order valence-electron chi connectivity index (χ0n) is 15.4. The molecule has 0 bridgehead atoms. The smallest absolute Gasteiger partial charge is 0.136 e. The maximum Gasteiger partial charge on any atom is 0.136 e. The number of nitrogens with two attached hydrogens (primary N) is 1. The Kier molecular flexibility index (Phi) is 4.93. The molecule has 0 amide bonds. The van der Waals surface area contributed by atoms with E-state index in [-0.39, 0.29) is 12.0 Å². The van der Waals surface area contributed by atoms with Gasteiger partial charge < -0.3 is 15.8 Å². The van der Waals surface area contributed by atoms with Gasteiger partial charge in [-0.3, -0.25) is 4.99 Å². The summed E-state index contributed by atoms with van der Waals surface area (Å²) >= 11 is 0. The molecule has 0 aliphatic carbocycles. The summed E-state index contributed by atoms with van der Waals surface area (Å²) < 4.78 is 6.37. The lowest BCUT2D eigenvalue weighted by molar-refractivity contribution is 0.437. The lowest BCUT2D eigenvalue weighted by Crippen LogP contribution is -2.34. The van der Waals surface area contributed by atoms with Crippen molar-refractivity contribution in [2.24, 2.45) is 10.7 Å². The van der Waals surface area contributed by atoms with Crippen LogP contribution < -0.4 is 15.8 Å². The fourth-order valence-electron chi connectivity index (χ4n) is 3.95. The molecule has 2 aromatic carbocycles. The Balaban J connectivity index is 1.77. The summed E-state index contributed by atoms with van der Waals surface area (Å²) in [7, 11) is 0. The first-order valence-corrected chi connectivity index (χ1v) is 9.73. The van der Waals surface area contributed by atoms with Crippen molar-refractivity contribution in [2.45, 2.75) is 44.6 Å². The molecule has 3 N–H and O–H groups in total. The molecular weight excluding hydrogens is 322 g/mol. The van der Waals surface area contributed by atoms with E-state index in [1.165, 1.54) is 12.0 Å². The van der Waals surface area contributed by atoms with Crippen LogP contribution in [0.1, 0.15) is 61.3 Å². The van der Waals surface area contributed by atoms with E-state index in [4.69, 9.17) is 15.5 Å². The lowest BCUT2D eigenvalue weighted by Gasteiger charge is -2.31. The molecule has 2 aromatic rings. The number of rotatable bonds is 5. The van der Waals surface area contributed by atoms with Crippen molar-refractivity contribution in [3.8, 4) is 11.5 Å². The van der Waals surface area contributed by atoms with E-state index < -0.39 is 0 Å². The second-order valence-corrected chi connectivity index (χ2v) is 7.13. The van der Waals surface area contributed by atoms with Crippen LogP contribution in [-0.4, -0.2) is 18.9 Å². The first kappa shape index (κ1) is 17.1. The van der Waals surface area contributed by atoms with Gasteiger partial charge in [-0.2, -0.15) is 0 Å². The third-order valence-corrected chi connectivity index (χ3v) is 5.35. The van der Waals surface area contributed by atoms with Crippen LogP contribution >= 0.6 is 0 Å². The van der Waals surface area contributed by atoms with Crippen molar-refractivity contribution in [1.82, 2.24) is 5.32 Å². The van der Waals surface area contributed by atoms with Gasteiger partial charge in [0.2, 0.25) is 0 Å². The van der Waals surface area contributed by atoms with E-state index in [9.17, 15) is 0 Å². The number of nitrogens with one attached hydrogen (secondary N) is 1. The molecule has 0 saturated heterocycles. The summed E-state index contributed by atoms with van der Waals surface area (Å²) in [6, 6.07) is 14.3. The van der Waals surface area contributed by atoms with Crippen LogP contribution in [0.2, 0.25) is 0 Å². The number of hydrogen-bond donors (Lipinski definition) is 2. The Labute approximate surface area is 155 Å². The van der Waals surface area contributed by atoms with Gasteiger partial charge >= 0.3 is 0 Å². The fraction of sp³-hybridized carbons (Fsp3) is 0.409. The number of amidine groups is 1. The monoisotopic (exact) mass is 349 g/mol. The predicted octanol–water partition coefficient (Wildman–Crippen LogP) is 4.51. The fourth-order valence-corrected chi connectivity index (χ4v) is 3.95. The molecule has 0 fully saturated rings. The van der Waals surface area contributed by atoms with Gasteiger partial charge in [0.15, 0.2) is 0 Å². The average molecular weight is 349 g/mol. The molecular formula is C22H27N3O. The average Bonchev–Trinajstić information content (AvgIpc) is 2.70.